The summed E-state index contributed by atoms with van der Waals surface area (Å²) in [5, 5.41) is 20.7. The highest BCUT2D eigenvalue weighted by Crippen LogP contribution is 2.19. The molecule has 22 heavy (non-hydrogen) atoms. The molecule has 1 heterocycles. The Hall–Kier alpha value is -2.97. The Labute approximate surface area is 125 Å². The molecule has 0 aromatic heterocycles. The number of rotatable bonds is 2. The highest BCUT2D eigenvalue weighted by Gasteiger charge is 2.37. The lowest BCUT2D eigenvalue weighted by Crippen LogP contribution is -2.60. The third kappa shape index (κ3) is 3.19. The summed E-state index contributed by atoms with van der Waals surface area (Å²) in [4.78, 5) is 36.5. The number of carboxylic acid groups (broad SMARTS) is 2. The molecule has 1 unspecified atom stereocenters. The standard InChI is InChI=1S/C13H16N4O5/c14-8-3-1-2-4-9(8)15-11(18)10-7-16(12(19)20)5-6-17(10)13(21)22/h1-4,10H,5-7,14H2,(H,15,18)(H,19,20)(H,21,22). The lowest BCUT2D eigenvalue weighted by atomic mass is 10.1. The van der Waals surface area contributed by atoms with Gasteiger partial charge in [0.05, 0.1) is 17.9 Å². The first-order valence-corrected chi connectivity index (χ1v) is 6.53. The third-order valence-corrected chi connectivity index (χ3v) is 3.42. The van der Waals surface area contributed by atoms with Crippen LogP contribution in [-0.2, 0) is 4.79 Å². The molecule has 1 aliphatic heterocycles. The van der Waals surface area contributed by atoms with Gasteiger partial charge in [0, 0.05) is 13.1 Å². The summed E-state index contributed by atoms with van der Waals surface area (Å²) in [7, 11) is 0. The highest BCUT2D eigenvalue weighted by atomic mass is 16.4. The van der Waals surface area contributed by atoms with E-state index in [-0.39, 0.29) is 19.6 Å². The zero-order chi connectivity index (χ0) is 16.3. The number of hydrogen-bond acceptors (Lipinski definition) is 4. The second kappa shape index (κ2) is 6.20. The van der Waals surface area contributed by atoms with E-state index in [1.54, 1.807) is 24.3 Å². The SMILES string of the molecule is Nc1ccccc1NC(=O)C1CN(C(=O)O)CCN1C(=O)O. The van der Waals surface area contributed by atoms with Crippen LogP contribution in [0.2, 0.25) is 0 Å². The first-order chi connectivity index (χ1) is 10.4. The van der Waals surface area contributed by atoms with Crippen LogP contribution < -0.4 is 11.1 Å². The average Bonchev–Trinajstić information content (AvgIpc) is 2.48. The van der Waals surface area contributed by atoms with Crippen LogP contribution in [0.1, 0.15) is 0 Å². The van der Waals surface area contributed by atoms with Crippen LogP contribution in [-0.4, -0.2) is 63.8 Å². The Kier molecular flexibility index (Phi) is 4.35. The van der Waals surface area contributed by atoms with E-state index in [4.69, 9.17) is 15.9 Å². The maximum Gasteiger partial charge on any atom is 0.408 e. The Morgan fingerprint density at radius 1 is 1.14 bits per heavy atom. The predicted octanol–water partition coefficient (Wildman–Crippen LogP) is 0.549. The number of nitrogens with two attached hydrogens (primary N) is 1. The topological polar surface area (TPSA) is 136 Å². The number of carbonyl (C=O) groups excluding carboxylic acids is 1. The largest absolute Gasteiger partial charge is 0.465 e. The molecule has 0 bridgehead atoms. The maximum absolute atomic E-state index is 12.3. The molecule has 3 amide bonds. The summed E-state index contributed by atoms with van der Waals surface area (Å²) in [6, 6.07) is 5.42. The number of anilines is 2. The molecule has 1 atom stereocenters. The minimum absolute atomic E-state index is 0.0267. The zero-order valence-electron chi connectivity index (χ0n) is 11.6. The molecule has 118 valence electrons. The van der Waals surface area contributed by atoms with E-state index in [2.05, 4.69) is 5.32 Å². The lowest BCUT2D eigenvalue weighted by molar-refractivity contribution is -0.122. The number of piperazine rings is 1. The van der Waals surface area contributed by atoms with Gasteiger partial charge < -0.3 is 26.2 Å². The summed E-state index contributed by atoms with van der Waals surface area (Å²) < 4.78 is 0. The summed E-state index contributed by atoms with van der Waals surface area (Å²) in [6.07, 6.45) is -2.46. The van der Waals surface area contributed by atoms with E-state index >= 15 is 0 Å². The first-order valence-electron chi connectivity index (χ1n) is 6.53. The van der Waals surface area contributed by atoms with Crippen molar-refractivity contribution in [3.05, 3.63) is 24.3 Å². The molecule has 9 heteroatoms. The lowest BCUT2D eigenvalue weighted by Gasteiger charge is -2.37. The number of hydrogen-bond donors (Lipinski definition) is 4. The van der Waals surface area contributed by atoms with Gasteiger partial charge in [0.1, 0.15) is 6.04 Å². The molecule has 0 spiro atoms. The van der Waals surface area contributed by atoms with Crippen molar-refractivity contribution in [2.45, 2.75) is 6.04 Å². The number of carbonyl (C=O) groups is 3. The van der Waals surface area contributed by atoms with Crippen LogP contribution in [0.5, 0.6) is 0 Å². The number of nitrogens with zero attached hydrogens (tertiary/aromatic N) is 2. The van der Waals surface area contributed by atoms with E-state index in [0.29, 0.717) is 11.4 Å². The van der Waals surface area contributed by atoms with Crippen LogP contribution in [0.15, 0.2) is 24.3 Å². The van der Waals surface area contributed by atoms with Crippen molar-refractivity contribution in [1.29, 1.82) is 0 Å². The van der Waals surface area contributed by atoms with E-state index in [0.717, 1.165) is 9.80 Å². The molecule has 1 fully saturated rings. The van der Waals surface area contributed by atoms with Gasteiger partial charge in [-0.05, 0) is 12.1 Å². The predicted molar refractivity (Wildman–Crippen MR) is 77.6 cm³/mol. The number of nitrogen functional groups attached to an aromatic ring is 1. The van der Waals surface area contributed by atoms with Crippen molar-refractivity contribution in [2.75, 3.05) is 30.7 Å². The van der Waals surface area contributed by atoms with Crippen LogP contribution in [0.3, 0.4) is 0 Å². The van der Waals surface area contributed by atoms with Gasteiger partial charge >= 0.3 is 12.2 Å². The van der Waals surface area contributed by atoms with Crippen molar-refractivity contribution in [2.24, 2.45) is 0 Å². The third-order valence-electron chi connectivity index (χ3n) is 3.42. The van der Waals surface area contributed by atoms with Crippen molar-refractivity contribution >= 4 is 29.5 Å². The summed E-state index contributed by atoms with van der Waals surface area (Å²) >= 11 is 0. The summed E-state index contributed by atoms with van der Waals surface area (Å²) in [5.74, 6) is -0.619. The van der Waals surface area contributed by atoms with E-state index < -0.39 is 24.1 Å². The molecule has 5 N–H and O–H groups in total. The summed E-state index contributed by atoms with van der Waals surface area (Å²) in [6.45, 7) is -0.261. The second-order valence-corrected chi connectivity index (χ2v) is 4.80. The number of amides is 3. The Morgan fingerprint density at radius 2 is 1.82 bits per heavy atom. The molecule has 0 saturated carbocycles. The quantitative estimate of drug-likeness (QED) is 0.589. The van der Waals surface area contributed by atoms with Crippen LogP contribution in [0.4, 0.5) is 21.0 Å². The van der Waals surface area contributed by atoms with Crippen LogP contribution in [0, 0.1) is 0 Å². The van der Waals surface area contributed by atoms with Gasteiger partial charge in [-0.15, -0.1) is 0 Å². The fourth-order valence-electron chi connectivity index (χ4n) is 2.24. The highest BCUT2D eigenvalue weighted by molar-refractivity contribution is 5.99. The fourth-order valence-corrected chi connectivity index (χ4v) is 2.24. The van der Waals surface area contributed by atoms with E-state index in [1.807, 2.05) is 0 Å². The van der Waals surface area contributed by atoms with Gasteiger partial charge in [-0.1, -0.05) is 12.1 Å². The molecule has 9 nitrogen and oxygen atoms in total. The summed E-state index contributed by atoms with van der Waals surface area (Å²) in [5.41, 5.74) is 6.41. The van der Waals surface area contributed by atoms with Crippen molar-refractivity contribution < 1.29 is 24.6 Å². The van der Waals surface area contributed by atoms with Crippen molar-refractivity contribution in [3.63, 3.8) is 0 Å². The number of benzene rings is 1. The molecule has 1 aromatic carbocycles. The Morgan fingerprint density at radius 3 is 2.41 bits per heavy atom. The Bertz CT molecular complexity index is 606. The molecule has 1 aromatic rings. The normalized spacial score (nSPS) is 17.9. The minimum Gasteiger partial charge on any atom is -0.465 e. The molecule has 2 rings (SSSR count). The zero-order valence-corrected chi connectivity index (χ0v) is 11.6. The van der Waals surface area contributed by atoms with Crippen molar-refractivity contribution in [1.82, 2.24) is 9.80 Å². The first kappa shape index (κ1) is 15.4. The van der Waals surface area contributed by atoms with Crippen molar-refractivity contribution in [3.8, 4) is 0 Å². The van der Waals surface area contributed by atoms with Gasteiger partial charge in [-0.3, -0.25) is 9.69 Å². The second-order valence-electron chi connectivity index (χ2n) is 4.80. The molecule has 1 saturated heterocycles. The molecule has 1 aliphatic rings. The molecule has 0 radical (unpaired) electrons. The Balaban J connectivity index is 2.17. The number of para-hydroxylation sites is 2. The molecular weight excluding hydrogens is 292 g/mol. The van der Waals surface area contributed by atoms with Crippen LogP contribution in [0.25, 0.3) is 0 Å². The van der Waals surface area contributed by atoms with Gasteiger partial charge in [0.2, 0.25) is 5.91 Å². The van der Waals surface area contributed by atoms with Crippen LogP contribution >= 0.6 is 0 Å². The monoisotopic (exact) mass is 308 g/mol. The minimum atomic E-state index is -1.27. The van der Waals surface area contributed by atoms with Gasteiger partial charge in [-0.25, -0.2) is 9.59 Å². The smallest absolute Gasteiger partial charge is 0.408 e. The van der Waals surface area contributed by atoms with Gasteiger partial charge in [-0.2, -0.15) is 0 Å². The van der Waals surface area contributed by atoms with Gasteiger partial charge in [0.25, 0.3) is 0 Å². The van der Waals surface area contributed by atoms with Gasteiger partial charge in [0.15, 0.2) is 0 Å². The number of nitrogens with one attached hydrogen (secondary N) is 1. The van der Waals surface area contributed by atoms with E-state index in [1.165, 1.54) is 0 Å². The molecule has 0 aliphatic carbocycles. The maximum atomic E-state index is 12.3. The fraction of sp³-hybridized carbons (Fsp3) is 0.308. The average molecular weight is 308 g/mol. The molecular formula is C13H16N4O5. The van der Waals surface area contributed by atoms with E-state index in [9.17, 15) is 14.4 Å².